The van der Waals surface area contributed by atoms with Crippen LogP contribution < -0.4 is 14.4 Å². The van der Waals surface area contributed by atoms with Gasteiger partial charge in [-0.15, -0.1) is 0 Å². The Morgan fingerprint density at radius 2 is 1.75 bits per heavy atom. The second kappa shape index (κ2) is 9.13. The number of methoxy groups -OCH3 is 2. The lowest BCUT2D eigenvalue weighted by Gasteiger charge is -2.25. The van der Waals surface area contributed by atoms with Crippen molar-refractivity contribution in [1.29, 1.82) is 0 Å². The number of Topliss-reactive ketones (excluding diaryl/α,β-unsaturated/α-hetero) is 1. The monoisotopic (exact) mass is 500 g/mol. The summed E-state index contributed by atoms with van der Waals surface area (Å²) in [6.45, 7) is 3.96. The van der Waals surface area contributed by atoms with Gasteiger partial charge in [-0.25, -0.2) is 4.98 Å². The molecule has 0 unspecified atom stereocenters. The normalized spacial score (nSPS) is 17.1. The van der Waals surface area contributed by atoms with Crippen molar-refractivity contribution in [1.82, 2.24) is 4.98 Å². The minimum Gasteiger partial charge on any atom is -0.507 e. The van der Waals surface area contributed by atoms with Crippen LogP contribution in [0.4, 0.5) is 5.13 Å². The van der Waals surface area contributed by atoms with Crippen molar-refractivity contribution in [2.45, 2.75) is 19.9 Å². The van der Waals surface area contributed by atoms with Crippen molar-refractivity contribution in [3.05, 3.63) is 88.5 Å². The molecule has 1 fully saturated rings. The van der Waals surface area contributed by atoms with Crippen LogP contribution in [0, 0.1) is 13.8 Å². The van der Waals surface area contributed by atoms with E-state index in [1.807, 2.05) is 32.0 Å². The largest absolute Gasteiger partial charge is 0.507 e. The van der Waals surface area contributed by atoms with E-state index < -0.39 is 17.7 Å². The first-order valence-electron chi connectivity index (χ1n) is 11.3. The third kappa shape index (κ3) is 3.79. The van der Waals surface area contributed by atoms with Gasteiger partial charge in [0.25, 0.3) is 5.78 Å². The number of nitrogens with zero attached hydrogens (tertiary/aromatic N) is 2. The highest BCUT2D eigenvalue weighted by Gasteiger charge is 2.49. The summed E-state index contributed by atoms with van der Waals surface area (Å²) in [5.41, 5.74) is 3.71. The van der Waals surface area contributed by atoms with E-state index in [-0.39, 0.29) is 11.3 Å². The third-order valence-corrected chi connectivity index (χ3v) is 7.25. The number of aromatic nitrogens is 1. The van der Waals surface area contributed by atoms with Gasteiger partial charge in [0.15, 0.2) is 5.13 Å². The zero-order valence-corrected chi connectivity index (χ0v) is 21.1. The number of rotatable bonds is 5. The Hall–Kier alpha value is -4.17. The third-order valence-electron chi connectivity index (χ3n) is 6.25. The van der Waals surface area contributed by atoms with Crippen molar-refractivity contribution in [2.24, 2.45) is 0 Å². The number of thiazole rings is 1. The van der Waals surface area contributed by atoms with Gasteiger partial charge in [0.05, 0.1) is 30.0 Å². The predicted molar refractivity (Wildman–Crippen MR) is 140 cm³/mol. The molecule has 8 heteroatoms. The van der Waals surface area contributed by atoms with Gasteiger partial charge in [0.2, 0.25) is 0 Å². The lowest BCUT2D eigenvalue weighted by atomic mass is 9.94. The number of carbonyl (C=O) groups excluding carboxylic acids is 2. The Labute approximate surface area is 212 Å². The Morgan fingerprint density at radius 1 is 1.00 bits per heavy atom. The first kappa shape index (κ1) is 23.6. The standard InChI is InChI=1S/C28H24N2O5S/c1-15-12-16(2)23-21(13-15)36-28(29-23)30-24(19-14-18(34-3)10-11-20(19)35-4)22(26(32)27(30)33)25(31)17-8-6-5-7-9-17/h5-14,24,31H,1-4H3/t24-/m1/s1. The number of fused-ring (bicyclic) bond motifs is 1. The molecule has 0 saturated carbocycles. The number of aryl methyl sites for hydroxylation is 2. The molecule has 4 aromatic rings. The van der Waals surface area contributed by atoms with E-state index in [0.717, 1.165) is 21.3 Å². The number of aliphatic hydroxyl groups is 1. The smallest absolute Gasteiger partial charge is 0.301 e. The summed E-state index contributed by atoms with van der Waals surface area (Å²) in [7, 11) is 3.05. The van der Waals surface area contributed by atoms with E-state index in [0.29, 0.717) is 27.8 Å². The Bertz CT molecular complexity index is 1540. The van der Waals surface area contributed by atoms with E-state index in [9.17, 15) is 14.7 Å². The highest BCUT2D eigenvalue weighted by atomic mass is 32.1. The van der Waals surface area contributed by atoms with Crippen LogP contribution in [0.1, 0.15) is 28.3 Å². The number of carbonyl (C=O) groups is 2. The zero-order valence-electron chi connectivity index (χ0n) is 20.2. The SMILES string of the molecule is COc1ccc(OC)c([C@@H]2C(=C(O)c3ccccc3)C(=O)C(=O)N2c2nc3c(C)cc(C)cc3s2)c1. The Kier molecular flexibility index (Phi) is 5.97. The molecular formula is C28H24N2O5S. The number of anilines is 1. The molecule has 5 rings (SSSR count). The minimum atomic E-state index is -0.975. The van der Waals surface area contributed by atoms with Crippen LogP contribution in [0.15, 0.2) is 66.2 Å². The first-order valence-corrected chi connectivity index (χ1v) is 12.1. The summed E-state index contributed by atoms with van der Waals surface area (Å²) in [5, 5.41) is 11.7. The molecule has 0 spiro atoms. The quantitative estimate of drug-likeness (QED) is 0.219. The van der Waals surface area contributed by atoms with E-state index in [1.54, 1.807) is 42.5 Å². The molecular weight excluding hydrogens is 476 g/mol. The van der Waals surface area contributed by atoms with Crippen LogP contribution in [-0.4, -0.2) is 36.0 Å². The zero-order chi connectivity index (χ0) is 25.6. The molecule has 182 valence electrons. The van der Waals surface area contributed by atoms with Crippen molar-refractivity contribution in [3.8, 4) is 11.5 Å². The molecule has 2 heterocycles. The van der Waals surface area contributed by atoms with E-state index in [2.05, 4.69) is 0 Å². The highest BCUT2D eigenvalue weighted by molar-refractivity contribution is 7.22. The Morgan fingerprint density at radius 3 is 2.44 bits per heavy atom. The molecule has 1 amide bonds. The average molecular weight is 501 g/mol. The molecule has 1 aliphatic rings. The van der Waals surface area contributed by atoms with Crippen LogP contribution in [0.25, 0.3) is 16.0 Å². The van der Waals surface area contributed by atoms with Gasteiger partial charge < -0.3 is 14.6 Å². The predicted octanol–water partition coefficient (Wildman–Crippen LogP) is 5.56. The van der Waals surface area contributed by atoms with Gasteiger partial charge in [0.1, 0.15) is 23.3 Å². The lowest BCUT2D eigenvalue weighted by Crippen LogP contribution is -2.29. The van der Waals surface area contributed by atoms with Crippen LogP contribution >= 0.6 is 11.3 Å². The van der Waals surface area contributed by atoms with Gasteiger partial charge in [0, 0.05) is 11.1 Å². The number of aliphatic hydroxyl groups excluding tert-OH is 1. The highest BCUT2D eigenvalue weighted by Crippen LogP contribution is 2.47. The second-order valence-corrected chi connectivity index (χ2v) is 9.58. The molecule has 0 radical (unpaired) electrons. The van der Waals surface area contributed by atoms with E-state index in [4.69, 9.17) is 14.5 Å². The van der Waals surface area contributed by atoms with Gasteiger partial charge in [-0.05, 0) is 49.2 Å². The fraction of sp³-hybridized carbons (Fsp3) is 0.179. The molecule has 1 atom stereocenters. The maximum absolute atomic E-state index is 13.5. The van der Waals surface area contributed by atoms with Crippen LogP contribution in [0.5, 0.6) is 11.5 Å². The molecule has 36 heavy (non-hydrogen) atoms. The number of benzene rings is 3. The summed E-state index contributed by atoms with van der Waals surface area (Å²) in [6.07, 6.45) is 0. The fourth-order valence-electron chi connectivity index (χ4n) is 4.59. The van der Waals surface area contributed by atoms with Crippen molar-refractivity contribution >= 4 is 44.1 Å². The molecule has 1 aliphatic heterocycles. The number of amides is 1. The van der Waals surface area contributed by atoms with E-state index >= 15 is 0 Å². The first-order chi connectivity index (χ1) is 17.3. The van der Waals surface area contributed by atoms with Gasteiger partial charge in [-0.2, -0.15) is 0 Å². The maximum atomic E-state index is 13.5. The summed E-state index contributed by atoms with van der Waals surface area (Å²) in [5.74, 6) is -0.861. The van der Waals surface area contributed by atoms with Gasteiger partial charge in [-0.3, -0.25) is 14.5 Å². The number of hydrogen-bond acceptors (Lipinski definition) is 7. The van der Waals surface area contributed by atoms with Gasteiger partial charge >= 0.3 is 5.91 Å². The average Bonchev–Trinajstić information content (AvgIpc) is 3.42. The molecule has 7 nitrogen and oxygen atoms in total. The van der Waals surface area contributed by atoms with Crippen LogP contribution in [-0.2, 0) is 9.59 Å². The topological polar surface area (TPSA) is 89.0 Å². The maximum Gasteiger partial charge on any atom is 0.301 e. The number of hydrogen-bond donors (Lipinski definition) is 1. The lowest BCUT2D eigenvalue weighted by molar-refractivity contribution is -0.132. The summed E-state index contributed by atoms with van der Waals surface area (Å²) in [4.78, 5) is 33.1. The molecule has 1 saturated heterocycles. The number of ketones is 1. The summed E-state index contributed by atoms with van der Waals surface area (Å²) >= 11 is 1.33. The summed E-state index contributed by atoms with van der Waals surface area (Å²) < 4.78 is 12.0. The Balaban J connectivity index is 1.80. The van der Waals surface area contributed by atoms with Crippen molar-refractivity contribution in [2.75, 3.05) is 19.1 Å². The van der Waals surface area contributed by atoms with E-state index in [1.165, 1.54) is 30.5 Å². The van der Waals surface area contributed by atoms with Crippen molar-refractivity contribution in [3.63, 3.8) is 0 Å². The fourth-order valence-corrected chi connectivity index (χ4v) is 5.76. The molecule has 3 aromatic carbocycles. The van der Waals surface area contributed by atoms with Crippen LogP contribution in [0.3, 0.4) is 0 Å². The van der Waals surface area contributed by atoms with Crippen LogP contribution in [0.2, 0.25) is 0 Å². The van der Waals surface area contributed by atoms with Crippen molar-refractivity contribution < 1.29 is 24.2 Å². The second-order valence-electron chi connectivity index (χ2n) is 8.57. The summed E-state index contributed by atoms with van der Waals surface area (Å²) in [6, 6.07) is 16.9. The van der Waals surface area contributed by atoms with Gasteiger partial charge in [-0.1, -0.05) is 47.7 Å². The minimum absolute atomic E-state index is 0.0371. The number of ether oxygens (including phenoxy) is 2. The molecule has 0 bridgehead atoms. The molecule has 1 N–H and O–H groups in total. The molecule has 0 aliphatic carbocycles. The molecule has 1 aromatic heterocycles.